The summed E-state index contributed by atoms with van der Waals surface area (Å²) in [6.45, 7) is 1.62. The van der Waals surface area contributed by atoms with E-state index in [2.05, 4.69) is 10.0 Å². The molecule has 1 aliphatic heterocycles. The number of carbonyl (C=O) groups is 1. The number of rotatable bonds is 7. The van der Waals surface area contributed by atoms with E-state index in [1.807, 2.05) is 4.90 Å². The third kappa shape index (κ3) is 5.38. The van der Waals surface area contributed by atoms with Crippen molar-refractivity contribution in [2.24, 2.45) is 0 Å². The van der Waals surface area contributed by atoms with E-state index in [0.717, 1.165) is 32.1 Å². The molecule has 116 valence electrons. The van der Waals surface area contributed by atoms with Crippen LogP contribution in [0, 0.1) is 0 Å². The van der Waals surface area contributed by atoms with Gasteiger partial charge in [-0.15, -0.1) is 0 Å². The third-order valence-electron chi connectivity index (χ3n) is 3.91. The largest absolute Gasteiger partial charge is 0.339 e. The lowest BCUT2D eigenvalue weighted by Crippen LogP contribution is -2.48. The van der Waals surface area contributed by atoms with Gasteiger partial charge in [0.25, 0.3) is 0 Å². The molecule has 1 saturated heterocycles. The SMILES string of the molecule is CS(=O)(=O)NCCC1CCCCN1C(=O)CNC1CC1. The molecule has 1 aliphatic carbocycles. The molecule has 0 aromatic heterocycles. The van der Waals surface area contributed by atoms with Gasteiger partial charge in [0, 0.05) is 25.2 Å². The minimum atomic E-state index is -3.14. The summed E-state index contributed by atoms with van der Waals surface area (Å²) in [6.07, 6.45) is 7.34. The lowest BCUT2D eigenvalue weighted by Gasteiger charge is -2.36. The maximum absolute atomic E-state index is 12.2. The van der Waals surface area contributed by atoms with Crippen LogP contribution >= 0.6 is 0 Å². The van der Waals surface area contributed by atoms with Crippen LogP contribution in [0.1, 0.15) is 38.5 Å². The lowest BCUT2D eigenvalue weighted by atomic mass is 9.99. The van der Waals surface area contributed by atoms with Gasteiger partial charge in [-0.05, 0) is 38.5 Å². The number of hydrogen-bond donors (Lipinski definition) is 2. The quantitative estimate of drug-likeness (QED) is 0.697. The molecule has 0 aromatic carbocycles. The highest BCUT2D eigenvalue weighted by Crippen LogP contribution is 2.21. The Morgan fingerprint density at radius 2 is 2.00 bits per heavy atom. The number of nitrogens with one attached hydrogen (secondary N) is 2. The summed E-state index contributed by atoms with van der Waals surface area (Å²) in [6, 6.07) is 0.709. The summed E-state index contributed by atoms with van der Waals surface area (Å²) >= 11 is 0. The van der Waals surface area contributed by atoms with E-state index in [9.17, 15) is 13.2 Å². The molecule has 2 fully saturated rings. The second-order valence-corrected chi connectivity index (χ2v) is 7.68. The van der Waals surface area contributed by atoms with Gasteiger partial charge in [0.05, 0.1) is 12.8 Å². The first-order valence-electron chi connectivity index (χ1n) is 7.43. The smallest absolute Gasteiger partial charge is 0.236 e. The molecule has 20 heavy (non-hydrogen) atoms. The Hall–Kier alpha value is -0.660. The second kappa shape index (κ2) is 6.87. The van der Waals surface area contributed by atoms with Crippen molar-refractivity contribution in [3.63, 3.8) is 0 Å². The number of sulfonamides is 1. The van der Waals surface area contributed by atoms with Crippen LogP contribution in [0.4, 0.5) is 0 Å². The zero-order valence-electron chi connectivity index (χ0n) is 12.1. The van der Waals surface area contributed by atoms with Gasteiger partial charge in [-0.3, -0.25) is 4.79 Å². The zero-order chi connectivity index (χ0) is 14.6. The number of likely N-dealkylation sites (tertiary alicyclic amines) is 1. The highest BCUT2D eigenvalue weighted by Gasteiger charge is 2.28. The van der Waals surface area contributed by atoms with Crippen molar-refractivity contribution in [2.75, 3.05) is 25.9 Å². The van der Waals surface area contributed by atoms with Gasteiger partial charge in [-0.1, -0.05) is 0 Å². The van der Waals surface area contributed by atoms with Gasteiger partial charge < -0.3 is 10.2 Å². The van der Waals surface area contributed by atoms with E-state index in [1.54, 1.807) is 0 Å². The van der Waals surface area contributed by atoms with Crippen molar-refractivity contribution >= 4 is 15.9 Å². The Kier molecular flexibility index (Phi) is 5.40. The molecule has 0 bridgehead atoms. The molecule has 6 nitrogen and oxygen atoms in total. The van der Waals surface area contributed by atoms with Crippen LogP contribution < -0.4 is 10.0 Å². The molecule has 1 amide bonds. The molecular weight excluding hydrogens is 278 g/mol. The standard InChI is InChI=1S/C13H25N3O3S/c1-20(18,19)15-8-7-12-4-2-3-9-16(12)13(17)10-14-11-5-6-11/h11-12,14-15H,2-10H2,1H3. The summed E-state index contributed by atoms with van der Waals surface area (Å²) in [5, 5.41) is 3.25. The molecule has 1 atom stereocenters. The van der Waals surface area contributed by atoms with Gasteiger partial charge in [-0.25, -0.2) is 13.1 Å². The molecule has 1 saturated carbocycles. The average Bonchev–Trinajstić information content (AvgIpc) is 3.19. The van der Waals surface area contributed by atoms with Crippen LogP contribution in [0.15, 0.2) is 0 Å². The maximum atomic E-state index is 12.2. The molecule has 0 radical (unpaired) electrons. The van der Waals surface area contributed by atoms with E-state index in [4.69, 9.17) is 0 Å². The number of nitrogens with zero attached hydrogens (tertiary/aromatic N) is 1. The molecule has 0 spiro atoms. The van der Waals surface area contributed by atoms with Gasteiger partial charge >= 0.3 is 0 Å². The van der Waals surface area contributed by atoms with E-state index < -0.39 is 10.0 Å². The molecular formula is C13H25N3O3S. The highest BCUT2D eigenvalue weighted by atomic mass is 32.2. The average molecular weight is 303 g/mol. The second-order valence-electron chi connectivity index (χ2n) is 5.85. The van der Waals surface area contributed by atoms with E-state index in [1.165, 1.54) is 12.8 Å². The molecule has 2 aliphatic rings. The normalized spacial score (nSPS) is 23.9. The predicted octanol–water partition coefficient (Wildman–Crippen LogP) is 0.0588. The summed E-state index contributed by atoms with van der Waals surface area (Å²) in [4.78, 5) is 14.2. The Balaban J connectivity index is 1.78. The molecule has 1 unspecified atom stereocenters. The van der Waals surface area contributed by atoms with Gasteiger partial charge in [-0.2, -0.15) is 0 Å². The number of carbonyl (C=O) groups excluding carboxylic acids is 1. The summed E-state index contributed by atoms with van der Waals surface area (Å²) < 4.78 is 24.6. The first-order chi connectivity index (χ1) is 9.46. The Morgan fingerprint density at radius 1 is 1.25 bits per heavy atom. The van der Waals surface area contributed by atoms with Crippen LogP contribution in [0.5, 0.6) is 0 Å². The number of piperidine rings is 1. The maximum Gasteiger partial charge on any atom is 0.236 e. The Bertz CT molecular complexity index is 434. The fourth-order valence-corrected chi connectivity index (χ4v) is 3.15. The molecule has 0 aromatic rings. The Morgan fingerprint density at radius 3 is 2.65 bits per heavy atom. The van der Waals surface area contributed by atoms with E-state index in [0.29, 0.717) is 25.6 Å². The Labute approximate surface area is 121 Å². The van der Waals surface area contributed by atoms with E-state index in [-0.39, 0.29) is 11.9 Å². The molecule has 2 N–H and O–H groups in total. The third-order valence-corrected chi connectivity index (χ3v) is 4.64. The van der Waals surface area contributed by atoms with Crippen LogP contribution in [-0.2, 0) is 14.8 Å². The number of amides is 1. The van der Waals surface area contributed by atoms with Crippen molar-refractivity contribution in [3.8, 4) is 0 Å². The van der Waals surface area contributed by atoms with Crippen molar-refractivity contribution in [2.45, 2.75) is 50.6 Å². The lowest BCUT2D eigenvalue weighted by molar-refractivity contribution is -0.134. The number of hydrogen-bond acceptors (Lipinski definition) is 4. The van der Waals surface area contributed by atoms with Gasteiger partial charge in [0.2, 0.25) is 15.9 Å². The molecule has 2 rings (SSSR count). The van der Waals surface area contributed by atoms with Crippen LogP contribution in [0.3, 0.4) is 0 Å². The van der Waals surface area contributed by atoms with Gasteiger partial charge in [0.15, 0.2) is 0 Å². The predicted molar refractivity (Wildman–Crippen MR) is 77.8 cm³/mol. The highest BCUT2D eigenvalue weighted by molar-refractivity contribution is 7.88. The summed E-state index contributed by atoms with van der Waals surface area (Å²) in [7, 11) is -3.14. The monoisotopic (exact) mass is 303 g/mol. The topological polar surface area (TPSA) is 78.5 Å². The van der Waals surface area contributed by atoms with Crippen LogP contribution in [0.2, 0.25) is 0 Å². The van der Waals surface area contributed by atoms with Gasteiger partial charge in [0.1, 0.15) is 0 Å². The minimum absolute atomic E-state index is 0.154. The first kappa shape index (κ1) is 15.7. The fourth-order valence-electron chi connectivity index (χ4n) is 2.66. The fraction of sp³-hybridized carbons (Fsp3) is 0.923. The van der Waals surface area contributed by atoms with E-state index >= 15 is 0 Å². The summed E-state index contributed by atoms with van der Waals surface area (Å²) in [5.41, 5.74) is 0. The zero-order valence-corrected chi connectivity index (χ0v) is 12.9. The summed E-state index contributed by atoms with van der Waals surface area (Å²) in [5.74, 6) is 0.154. The molecule has 1 heterocycles. The van der Waals surface area contributed by atoms with Crippen molar-refractivity contribution in [3.05, 3.63) is 0 Å². The van der Waals surface area contributed by atoms with Crippen molar-refractivity contribution < 1.29 is 13.2 Å². The molecule has 7 heteroatoms. The van der Waals surface area contributed by atoms with Crippen molar-refractivity contribution in [1.82, 2.24) is 14.9 Å². The van der Waals surface area contributed by atoms with Crippen LogP contribution in [0.25, 0.3) is 0 Å². The van der Waals surface area contributed by atoms with Crippen molar-refractivity contribution in [1.29, 1.82) is 0 Å². The van der Waals surface area contributed by atoms with Crippen LogP contribution in [-0.4, -0.2) is 57.2 Å². The first-order valence-corrected chi connectivity index (χ1v) is 9.32. The minimum Gasteiger partial charge on any atom is -0.339 e.